The van der Waals surface area contributed by atoms with Gasteiger partial charge in [0.15, 0.2) is 0 Å². The largest absolute Gasteiger partial charge is 0.373 e. The minimum absolute atomic E-state index is 0.0226. The topological polar surface area (TPSA) is 37.4 Å². The van der Waals surface area contributed by atoms with E-state index >= 15 is 0 Å². The van der Waals surface area contributed by atoms with E-state index in [4.69, 9.17) is 4.74 Å². The van der Waals surface area contributed by atoms with E-state index in [2.05, 4.69) is 41.3 Å². The van der Waals surface area contributed by atoms with Crippen LogP contribution in [0, 0.1) is 0 Å². The molecule has 21 heavy (non-hydrogen) atoms. The molecular formula is C17H27N3O. The van der Waals surface area contributed by atoms with E-state index in [-0.39, 0.29) is 5.60 Å². The summed E-state index contributed by atoms with van der Waals surface area (Å²) in [4.78, 5) is 6.88. The van der Waals surface area contributed by atoms with Crippen LogP contribution in [0.2, 0.25) is 0 Å². The fourth-order valence-corrected chi connectivity index (χ4v) is 3.39. The Morgan fingerprint density at radius 2 is 2.24 bits per heavy atom. The van der Waals surface area contributed by atoms with Crippen molar-refractivity contribution in [1.29, 1.82) is 0 Å². The summed E-state index contributed by atoms with van der Waals surface area (Å²) in [5.41, 5.74) is 1.41. The van der Waals surface area contributed by atoms with Crippen molar-refractivity contribution in [3.05, 3.63) is 23.9 Å². The number of pyridine rings is 1. The smallest absolute Gasteiger partial charge is 0.126 e. The predicted octanol–water partition coefficient (Wildman–Crippen LogP) is 2.87. The van der Waals surface area contributed by atoms with E-state index in [0.717, 1.165) is 25.4 Å². The van der Waals surface area contributed by atoms with E-state index in [1.165, 1.54) is 37.9 Å². The molecule has 1 aromatic rings. The summed E-state index contributed by atoms with van der Waals surface area (Å²) >= 11 is 0. The normalized spacial score (nSPS) is 27.9. The Bertz CT molecular complexity index is 463. The highest BCUT2D eigenvalue weighted by Crippen LogP contribution is 2.29. The lowest BCUT2D eigenvalue weighted by atomic mass is 9.90. The first-order valence-corrected chi connectivity index (χ1v) is 8.17. The number of rotatable bonds is 4. The summed E-state index contributed by atoms with van der Waals surface area (Å²) < 4.78 is 5.82. The second-order valence-corrected chi connectivity index (χ2v) is 6.81. The Hall–Kier alpha value is -1.13. The van der Waals surface area contributed by atoms with Gasteiger partial charge in [0.2, 0.25) is 0 Å². The van der Waals surface area contributed by atoms with Crippen molar-refractivity contribution < 1.29 is 4.74 Å². The summed E-state index contributed by atoms with van der Waals surface area (Å²) in [7, 11) is 2.21. The molecule has 116 valence electrons. The highest BCUT2D eigenvalue weighted by molar-refractivity contribution is 5.39. The van der Waals surface area contributed by atoms with E-state index in [0.29, 0.717) is 5.92 Å². The molecule has 0 bridgehead atoms. The molecule has 2 saturated heterocycles. The molecule has 0 amide bonds. The molecular weight excluding hydrogens is 262 g/mol. The number of piperidine rings is 1. The Morgan fingerprint density at radius 3 is 2.95 bits per heavy atom. The Morgan fingerprint density at radius 1 is 1.43 bits per heavy atom. The molecule has 0 unspecified atom stereocenters. The Labute approximate surface area is 127 Å². The zero-order chi connectivity index (χ0) is 14.7. The first-order chi connectivity index (χ1) is 10.1. The van der Waals surface area contributed by atoms with Gasteiger partial charge < -0.3 is 15.0 Å². The van der Waals surface area contributed by atoms with Gasteiger partial charge in [-0.25, -0.2) is 4.98 Å². The van der Waals surface area contributed by atoms with Crippen LogP contribution in [0.5, 0.6) is 0 Å². The third-order valence-electron chi connectivity index (χ3n) is 4.92. The minimum Gasteiger partial charge on any atom is -0.373 e. The van der Waals surface area contributed by atoms with Gasteiger partial charge in [0.25, 0.3) is 0 Å². The lowest BCUT2D eigenvalue weighted by Crippen LogP contribution is -2.32. The predicted molar refractivity (Wildman–Crippen MR) is 85.8 cm³/mol. The molecule has 0 spiro atoms. The van der Waals surface area contributed by atoms with E-state index in [9.17, 15) is 0 Å². The lowest BCUT2D eigenvalue weighted by molar-refractivity contribution is 0.0315. The van der Waals surface area contributed by atoms with Crippen LogP contribution in [0.4, 0.5) is 5.82 Å². The van der Waals surface area contributed by atoms with Gasteiger partial charge in [-0.05, 0) is 76.4 Å². The number of likely N-dealkylation sites (tertiary alicyclic amines) is 1. The number of ether oxygens (including phenoxy) is 1. The quantitative estimate of drug-likeness (QED) is 0.925. The minimum atomic E-state index is -0.0226. The number of nitrogens with zero attached hydrogens (tertiary/aromatic N) is 2. The zero-order valence-electron chi connectivity index (χ0n) is 13.3. The van der Waals surface area contributed by atoms with Crippen molar-refractivity contribution in [3.63, 3.8) is 0 Å². The van der Waals surface area contributed by atoms with E-state index in [1.54, 1.807) is 0 Å². The number of nitrogens with one attached hydrogen (secondary N) is 1. The first kappa shape index (κ1) is 14.8. The third-order valence-corrected chi connectivity index (χ3v) is 4.92. The molecule has 4 heteroatoms. The van der Waals surface area contributed by atoms with Crippen LogP contribution in [-0.2, 0) is 4.74 Å². The SMILES string of the molecule is CN1CCC(c2ccnc(NC[C@]3(C)CCCO3)c2)CC1. The number of aromatic nitrogens is 1. The standard InChI is InChI=1S/C17H27N3O/c1-17(7-3-11-21-17)13-19-16-12-15(4-8-18-16)14-5-9-20(2)10-6-14/h4,8,12,14H,3,5-7,9-11,13H2,1-2H3,(H,18,19)/t17-/m0/s1. The summed E-state index contributed by atoms with van der Waals surface area (Å²) in [5.74, 6) is 1.67. The molecule has 2 aliphatic heterocycles. The van der Waals surface area contributed by atoms with Crippen molar-refractivity contribution in [2.45, 2.75) is 44.1 Å². The second kappa shape index (κ2) is 6.32. The van der Waals surface area contributed by atoms with Crippen molar-refractivity contribution in [3.8, 4) is 0 Å². The van der Waals surface area contributed by atoms with Gasteiger partial charge >= 0.3 is 0 Å². The second-order valence-electron chi connectivity index (χ2n) is 6.81. The maximum absolute atomic E-state index is 5.82. The monoisotopic (exact) mass is 289 g/mol. The van der Waals surface area contributed by atoms with E-state index in [1.807, 2.05) is 6.20 Å². The zero-order valence-corrected chi connectivity index (χ0v) is 13.3. The van der Waals surface area contributed by atoms with Crippen LogP contribution in [-0.4, -0.2) is 48.8 Å². The van der Waals surface area contributed by atoms with Crippen molar-refractivity contribution >= 4 is 5.82 Å². The van der Waals surface area contributed by atoms with E-state index < -0.39 is 0 Å². The maximum Gasteiger partial charge on any atom is 0.126 e. The molecule has 0 saturated carbocycles. The fourth-order valence-electron chi connectivity index (χ4n) is 3.39. The molecule has 2 fully saturated rings. The molecule has 1 N–H and O–H groups in total. The van der Waals surface area contributed by atoms with Crippen LogP contribution in [0.25, 0.3) is 0 Å². The average molecular weight is 289 g/mol. The average Bonchev–Trinajstić information content (AvgIpc) is 2.94. The molecule has 1 aromatic heterocycles. The Kier molecular flexibility index (Phi) is 4.45. The van der Waals surface area contributed by atoms with Crippen molar-refractivity contribution in [2.75, 3.05) is 38.6 Å². The fraction of sp³-hybridized carbons (Fsp3) is 0.706. The molecule has 0 radical (unpaired) electrons. The van der Waals surface area contributed by atoms with Crippen molar-refractivity contribution in [2.24, 2.45) is 0 Å². The maximum atomic E-state index is 5.82. The van der Waals surface area contributed by atoms with Crippen LogP contribution < -0.4 is 5.32 Å². The highest BCUT2D eigenvalue weighted by atomic mass is 16.5. The molecule has 4 nitrogen and oxygen atoms in total. The summed E-state index contributed by atoms with van der Waals surface area (Å²) in [6.07, 6.45) is 6.74. The molecule has 0 aromatic carbocycles. The molecule has 2 aliphatic rings. The van der Waals surface area contributed by atoms with Gasteiger partial charge in [-0.2, -0.15) is 0 Å². The van der Waals surface area contributed by atoms with Gasteiger partial charge in [-0.1, -0.05) is 0 Å². The molecule has 3 rings (SSSR count). The van der Waals surface area contributed by atoms with Gasteiger partial charge in [-0.3, -0.25) is 0 Å². The third kappa shape index (κ3) is 3.74. The number of anilines is 1. The first-order valence-electron chi connectivity index (χ1n) is 8.17. The van der Waals surface area contributed by atoms with Gasteiger partial charge in [0.05, 0.1) is 5.60 Å². The molecule has 1 atom stereocenters. The number of hydrogen-bond donors (Lipinski definition) is 1. The summed E-state index contributed by atoms with van der Waals surface area (Å²) in [5, 5.41) is 3.47. The van der Waals surface area contributed by atoms with Crippen LogP contribution in [0.1, 0.15) is 44.1 Å². The van der Waals surface area contributed by atoms with Crippen molar-refractivity contribution in [1.82, 2.24) is 9.88 Å². The highest BCUT2D eigenvalue weighted by Gasteiger charge is 2.29. The van der Waals surface area contributed by atoms with Crippen LogP contribution in [0.3, 0.4) is 0 Å². The number of hydrogen-bond acceptors (Lipinski definition) is 4. The van der Waals surface area contributed by atoms with Gasteiger partial charge in [0.1, 0.15) is 5.82 Å². The van der Waals surface area contributed by atoms with Gasteiger partial charge in [0, 0.05) is 19.3 Å². The molecule has 0 aliphatic carbocycles. The lowest BCUT2D eigenvalue weighted by Gasteiger charge is -2.29. The van der Waals surface area contributed by atoms with Crippen LogP contribution >= 0.6 is 0 Å². The van der Waals surface area contributed by atoms with Crippen LogP contribution in [0.15, 0.2) is 18.3 Å². The Balaban J connectivity index is 1.60. The summed E-state index contributed by atoms with van der Waals surface area (Å²) in [6, 6.07) is 4.41. The van der Waals surface area contributed by atoms with Gasteiger partial charge in [-0.15, -0.1) is 0 Å². The molecule has 3 heterocycles. The summed E-state index contributed by atoms with van der Waals surface area (Å²) in [6.45, 7) is 6.31.